The number of halogens is 7. The first-order valence-corrected chi connectivity index (χ1v) is 14.9. The van der Waals surface area contributed by atoms with Gasteiger partial charge in [0.15, 0.2) is 0 Å². The number of carbonyl (C=O) groups excluding carboxylic acids is 1. The van der Waals surface area contributed by atoms with Crippen LogP contribution in [0.1, 0.15) is 42.1 Å². The van der Waals surface area contributed by atoms with Crippen molar-refractivity contribution in [1.29, 1.82) is 0 Å². The van der Waals surface area contributed by atoms with Crippen LogP contribution in [0.5, 0.6) is 17.4 Å². The Morgan fingerprint density at radius 2 is 1.72 bits per heavy atom. The average molecular weight is 697 g/mol. The van der Waals surface area contributed by atoms with E-state index >= 15 is 8.78 Å². The summed E-state index contributed by atoms with van der Waals surface area (Å²) >= 11 is 12.6. The number of rotatable bonds is 8. The Labute approximate surface area is 275 Å². The minimum Gasteiger partial charge on any atom is -0.507 e. The maximum absolute atomic E-state index is 15.6. The number of hydrogen-bond acceptors (Lipinski definition) is 6. The number of aliphatic hydroxyl groups is 1. The minimum absolute atomic E-state index is 0.0684. The summed E-state index contributed by atoms with van der Waals surface area (Å²) in [6, 6.07) is 16.3. The molecule has 0 bridgehead atoms. The lowest BCUT2D eigenvalue weighted by atomic mass is 9.79. The number of aliphatic hydroxyl groups excluding tert-OH is 1. The van der Waals surface area contributed by atoms with Crippen LogP contribution < -0.4 is 14.8 Å². The highest BCUT2D eigenvalue weighted by Gasteiger charge is 2.49. The second kappa shape index (κ2) is 12.8. The van der Waals surface area contributed by atoms with E-state index in [9.17, 15) is 28.2 Å². The van der Waals surface area contributed by atoms with E-state index in [0.717, 1.165) is 12.1 Å². The van der Waals surface area contributed by atoms with Crippen molar-refractivity contribution in [2.24, 2.45) is 0 Å². The van der Waals surface area contributed by atoms with Gasteiger partial charge in [-0.25, -0.2) is 13.8 Å². The van der Waals surface area contributed by atoms with Crippen molar-refractivity contribution in [3.8, 4) is 39.8 Å². The van der Waals surface area contributed by atoms with E-state index in [1.54, 1.807) is 26.0 Å². The summed E-state index contributed by atoms with van der Waals surface area (Å²) in [7, 11) is 0. The molecule has 7 nitrogen and oxygen atoms in total. The summed E-state index contributed by atoms with van der Waals surface area (Å²) in [5, 5.41) is 23.7. The van der Waals surface area contributed by atoms with Gasteiger partial charge in [-0.1, -0.05) is 47.5 Å². The summed E-state index contributed by atoms with van der Waals surface area (Å²) in [6.45, 7) is 2.02. The van der Waals surface area contributed by atoms with Gasteiger partial charge in [0.05, 0.1) is 22.8 Å². The zero-order valence-electron chi connectivity index (χ0n) is 24.7. The fourth-order valence-corrected chi connectivity index (χ4v) is 5.88. The molecule has 1 aliphatic rings. The van der Waals surface area contributed by atoms with Gasteiger partial charge in [0.25, 0.3) is 11.8 Å². The zero-order chi connectivity index (χ0) is 34.3. The molecule has 1 aromatic heterocycles. The molecule has 248 valence electrons. The molecule has 0 fully saturated rings. The van der Waals surface area contributed by atoms with Crippen molar-refractivity contribution < 1.29 is 46.4 Å². The Kier molecular flexibility index (Phi) is 9.33. The number of phenolic OH excluding ortho intramolecular Hbond substituents is 1. The maximum Gasteiger partial charge on any atom is 0.573 e. The number of fused-ring (bicyclic) bond motifs is 1. The van der Waals surface area contributed by atoms with Crippen molar-refractivity contribution in [2.45, 2.75) is 50.2 Å². The number of nitrogens with one attached hydrogen (secondary N) is 1. The van der Waals surface area contributed by atoms with Gasteiger partial charge < -0.3 is 25.0 Å². The molecule has 5 rings (SSSR count). The van der Waals surface area contributed by atoms with Gasteiger partial charge in [-0.2, -0.15) is 0 Å². The molecule has 1 amide bonds. The van der Waals surface area contributed by atoms with Crippen LogP contribution in [-0.4, -0.2) is 51.6 Å². The minimum atomic E-state index is -4.92. The number of pyridine rings is 1. The monoisotopic (exact) mass is 696 g/mol. The van der Waals surface area contributed by atoms with Crippen LogP contribution in [0.3, 0.4) is 0 Å². The van der Waals surface area contributed by atoms with E-state index in [2.05, 4.69) is 15.0 Å². The van der Waals surface area contributed by atoms with Gasteiger partial charge >= 0.3 is 6.36 Å². The summed E-state index contributed by atoms with van der Waals surface area (Å²) in [5.41, 5.74) is -0.0145. The molecule has 4 aromatic rings. The number of amides is 1. The molecule has 1 aliphatic heterocycles. The van der Waals surface area contributed by atoms with Gasteiger partial charge in [0, 0.05) is 27.6 Å². The van der Waals surface area contributed by atoms with Crippen molar-refractivity contribution >= 4 is 29.1 Å². The summed E-state index contributed by atoms with van der Waals surface area (Å²) in [6.07, 6.45) is -7.36. The number of aromatic nitrogens is 1. The van der Waals surface area contributed by atoms with Gasteiger partial charge in [0.1, 0.15) is 23.2 Å². The Bertz CT molecular complexity index is 1800. The molecule has 0 saturated heterocycles. The highest BCUT2D eigenvalue weighted by Crippen LogP contribution is 2.48. The quantitative estimate of drug-likeness (QED) is 0.160. The van der Waals surface area contributed by atoms with E-state index in [-0.39, 0.29) is 39.7 Å². The first-order chi connectivity index (χ1) is 21.9. The highest BCUT2D eigenvalue weighted by molar-refractivity contribution is 6.36. The zero-order valence-corrected chi connectivity index (χ0v) is 26.2. The number of hydrogen-bond donors (Lipinski definition) is 3. The average Bonchev–Trinajstić information content (AvgIpc) is 2.98. The number of nitrogens with zero attached hydrogens (tertiary/aromatic N) is 1. The molecule has 0 saturated carbocycles. The third kappa shape index (κ3) is 7.72. The van der Waals surface area contributed by atoms with Crippen LogP contribution in [0.25, 0.3) is 22.4 Å². The lowest BCUT2D eigenvalue weighted by Crippen LogP contribution is -2.50. The second-order valence-electron chi connectivity index (χ2n) is 11.6. The fraction of sp³-hybridized carbons (Fsp3) is 0.273. The Balaban J connectivity index is 1.57. The number of carbonyl (C=O) groups is 1. The Hall–Kier alpha value is -4.13. The van der Waals surface area contributed by atoms with Gasteiger partial charge in [-0.3, -0.25) is 4.79 Å². The molecule has 2 heterocycles. The van der Waals surface area contributed by atoms with Crippen molar-refractivity contribution in [1.82, 2.24) is 10.3 Å². The number of aromatic hydroxyl groups is 1. The molecule has 47 heavy (non-hydrogen) atoms. The molecule has 14 heteroatoms. The molecule has 1 unspecified atom stereocenters. The molecular weight excluding hydrogens is 670 g/mol. The number of para-hydroxylation sites is 1. The Morgan fingerprint density at radius 3 is 2.36 bits per heavy atom. The number of alkyl halides is 5. The van der Waals surface area contributed by atoms with Crippen LogP contribution in [0.2, 0.25) is 10.0 Å². The molecule has 0 spiro atoms. The number of benzene rings is 3. The van der Waals surface area contributed by atoms with Crippen molar-refractivity contribution in [3.05, 3.63) is 94.0 Å². The van der Waals surface area contributed by atoms with Gasteiger partial charge in [0.2, 0.25) is 5.88 Å². The van der Waals surface area contributed by atoms with Gasteiger partial charge in [-0.15, -0.1) is 13.2 Å². The van der Waals surface area contributed by atoms with E-state index in [4.69, 9.17) is 27.9 Å². The van der Waals surface area contributed by atoms with Crippen molar-refractivity contribution in [3.63, 3.8) is 0 Å². The van der Waals surface area contributed by atoms with Gasteiger partial charge in [-0.05, 0) is 74.4 Å². The summed E-state index contributed by atoms with van der Waals surface area (Å²) in [5.74, 6) is -7.07. The lowest BCUT2D eigenvalue weighted by Gasteiger charge is -2.40. The van der Waals surface area contributed by atoms with Crippen LogP contribution >= 0.6 is 23.2 Å². The largest absolute Gasteiger partial charge is 0.573 e. The third-order valence-corrected chi connectivity index (χ3v) is 8.08. The predicted octanol–water partition coefficient (Wildman–Crippen LogP) is 8.40. The van der Waals surface area contributed by atoms with Crippen LogP contribution in [-0.2, 0) is 0 Å². The predicted molar refractivity (Wildman–Crippen MR) is 165 cm³/mol. The first kappa shape index (κ1) is 34.2. The standard InChI is InChI=1S/C33H27Cl2F5N2O5/c1-31(2)15-24(28(44)32(36,37)16-41-29(45)21-5-3-4-6-26(21)43)23-14-22(17-7-10-19(11-8-17)46-33(38,39)40)27(42-30(23)47-31)20-12-9-18(34)13-25(20)35/h3-14,24,28,43-44H,15-16H2,1-2H3,(H,41,45)/t24-,28?/m1/s1. The molecule has 0 radical (unpaired) electrons. The summed E-state index contributed by atoms with van der Waals surface area (Å²) < 4.78 is 79.8. The smallest absolute Gasteiger partial charge is 0.507 e. The van der Waals surface area contributed by atoms with E-state index in [1.165, 1.54) is 48.5 Å². The molecule has 2 atom stereocenters. The molecule has 0 aliphatic carbocycles. The van der Waals surface area contributed by atoms with Crippen LogP contribution in [0.4, 0.5) is 22.0 Å². The van der Waals surface area contributed by atoms with E-state index < -0.39 is 53.9 Å². The van der Waals surface area contributed by atoms with E-state index in [0.29, 0.717) is 16.1 Å². The maximum atomic E-state index is 15.6. The Morgan fingerprint density at radius 1 is 1.04 bits per heavy atom. The third-order valence-electron chi connectivity index (χ3n) is 7.53. The highest BCUT2D eigenvalue weighted by atomic mass is 35.5. The van der Waals surface area contributed by atoms with Crippen LogP contribution in [0, 0.1) is 0 Å². The molecule has 3 aromatic carbocycles. The SMILES string of the molecule is CC1(C)C[C@@H](C(O)C(F)(F)CNC(=O)c2ccccc2O)c2cc(-c3ccc(OC(F)(F)F)cc3)c(-c3ccc(Cl)cc3Cl)nc2O1. The summed E-state index contributed by atoms with van der Waals surface area (Å²) in [4.78, 5) is 17.2. The fourth-order valence-electron chi connectivity index (χ4n) is 5.38. The number of phenols is 1. The van der Waals surface area contributed by atoms with E-state index in [1.807, 2.05) is 0 Å². The second-order valence-corrected chi connectivity index (χ2v) is 12.4. The lowest BCUT2D eigenvalue weighted by molar-refractivity contribution is -0.274. The molecule has 3 N–H and O–H groups in total. The van der Waals surface area contributed by atoms with Crippen LogP contribution in [0.15, 0.2) is 72.8 Å². The number of ether oxygens (including phenoxy) is 2. The molecular formula is C33H27Cl2F5N2O5. The topological polar surface area (TPSA) is 101 Å². The normalized spacial score (nSPS) is 16.5. The van der Waals surface area contributed by atoms with Crippen molar-refractivity contribution in [2.75, 3.05) is 6.54 Å². The first-order valence-electron chi connectivity index (χ1n) is 14.1.